The normalized spacial score (nSPS) is 10.8. The molecular weight excluding hydrogens is 184 g/mol. The maximum atomic E-state index is 10.6. The number of rotatable bonds is 4. The molecule has 0 saturated carbocycles. The fourth-order valence-corrected chi connectivity index (χ4v) is 0.841. The molecular formula is C10H10O4. The van der Waals surface area contributed by atoms with E-state index in [-0.39, 0.29) is 5.76 Å². The zero-order chi connectivity index (χ0) is 10.4. The van der Waals surface area contributed by atoms with Crippen LogP contribution < -0.4 is 4.74 Å². The Morgan fingerprint density at radius 3 is 2.50 bits per heavy atom. The van der Waals surface area contributed by atoms with Crippen LogP contribution in [-0.2, 0) is 9.53 Å². The molecule has 0 saturated heterocycles. The number of ether oxygens (including phenoxy) is 2. The van der Waals surface area contributed by atoms with E-state index in [2.05, 4.69) is 4.74 Å². The summed E-state index contributed by atoms with van der Waals surface area (Å²) >= 11 is 0. The van der Waals surface area contributed by atoms with Crippen LogP contribution in [0.3, 0.4) is 0 Å². The van der Waals surface area contributed by atoms with E-state index in [1.54, 1.807) is 24.3 Å². The van der Waals surface area contributed by atoms with Crippen molar-refractivity contribution in [3.05, 3.63) is 42.4 Å². The molecule has 4 nitrogen and oxygen atoms in total. The number of para-hydroxylation sites is 1. The minimum absolute atomic E-state index is 0.251. The number of hydrogen-bond acceptors (Lipinski definition) is 3. The number of benzene rings is 1. The van der Waals surface area contributed by atoms with Gasteiger partial charge in [-0.1, -0.05) is 18.2 Å². The Bertz CT molecular complexity index is 329. The van der Waals surface area contributed by atoms with Crippen molar-refractivity contribution in [2.24, 2.45) is 0 Å². The average Bonchev–Trinajstić information content (AvgIpc) is 2.18. The molecule has 4 heteroatoms. The van der Waals surface area contributed by atoms with Gasteiger partial charge in [-0.25, -0.2) is 4.79 Å². The van der Waals surface area contributed by atoms with Gasteiger partial charge >= 0.3 is 5.97 Å². The Balaban J connectivity index is 2.76. The molecule has 1 aromatic carbocycles. The van der Waals surface area contributed by atoms with Gasteiger partial charge in [0.25, 0.3) is 0 Å². The Morgan fingerprint density at radius 1 is 1.36 bits per heavy atom. The van der Waals surface area contributed by atoms with Gasteiger partial charge in [-0.2, -0.15) is 0 Å². The third kappa shape index (κ3) is 2.82. The van der Waals surface area contributed by atoms with Gasteiger partial charge in [0.05, 0.1) is 7.11 Å². The molecule has 0 fully saturated rings. The minimum Gasteiger partial charge on any atom is -0.500 e. The van der Waals surface area contributed by atoms with Crippen LogP contribution in [0, 0.1) is 0 Å². The average molecular weight is 194 g/mol. The molecule has 0 radical (unpaired) electrons. The fourth-order valence-electron chi connectivity index (χ4n) is 0.841. The van der Waals surface area contributed by atoms with Crippen LogP contribution in [0.4, 0.5) is 0 Å². The lowest BCUT2D eigenvalue weighted by molar-refractivity contribution is -0.135. The first kappa shape index (κ1) is 10.1. The summed E-state index contributed by atoms with van der Waals surface area (Å²) in [5.41, 5.74) is 0. The van der Waals surface area contributed by atoms with E-state index < -0.39 is 5.97 Å². The van der Waals surface area contributed by atoms with E-state index in [1.807, 2.05) is 6.07 Å². The van der Waals surface area contributed by atoms with Crippen molar-refractivity contribution in [1.29, 1.82) is 0 Å². The number of carboxylic acid groups (broad SMARTS) is 1. The van der Waals surface area contributed by atoms with Crippen molar-refractivity contribution in [1.82, 2.24) is 0 Å². The standard InChI is InChI=1S/C10H10O4/c1-13-7-9(10(11)12)14-8-5-3-2-4-6-8/h2-7H,1H3,(H,11,12)/b9-7+. The van der Waals surface area contributed by atoms with Crippen LogP contribution in [0.25, 0.3) is 0 Å². The summed E-state index contributed by atoms with van der Waals surface area (Å²) in [4.78, 5) is 10.6. The van der Waals surface area contributed by atoms with Crippen molar-refractivity contribution in [2.75, 3.05) is 7.11 Å². The molecule has 0 aliphatic carbocycles. The molecule has 0 heterocycles. The maximum Gasteiger partial charge on any atom is 0.375 e. The number of methoxy groups -OCH3 is 1. The summed E-state index contributed by atoms with van der Waals surface area (Å²) in [7, 11) is 1.36. The van der Waals surface area contributed by atoms with Gasteiger partial charge in [0.15, 0.2) is 0 Å². The lowest BCUT2D eigenvalue weighted by Crippen LogP contribution is -2.07. The van der Waals surface area contributed by atoms with Gasteiger partial charge in [0.2, 0.25) is 5.76 Å². The molecule has 0 amide bonds. The summed E-state index contributed by atoms with van der Waals surface area (Å²) < 4.78 is 9.62. The van der Waals surface area contributed by atoms with Crippen molar-refractivity contribution < 1.29 is 19.4 Å². The molecule has 0 aliphatic heterocycles. The maximum absolute atomic E-state index is 10.6. The molecule has 14 heavy (non-hydrogen) atoms. The number of carboxylic acids is 1. The molecule has 0 unspecified atom stereocenters. The largest absolute Gasteiger partial charge is 0.500 e. The molecule has 0 aliphatic rings. The van der Waals surface area contributed by atoms with E-state index in [0.29, 0.717) is 5.75 Å². The van der Waals surface area contributed by atoms with Gasteiger partial charge in [0.1, 0.15) is 12.0 Å². The Labute approximate surface area is 81.4 Å². The van der Waals surface area contributed by atoms with Gasteiger partial charge in [-0.15, -0.1) is 0 Å². The number of carbonyl (C=O) groups is 1. The van der Waals surface area contributed by atoms with E-state index in [4.69, 9.17) is 9.84 Å². The van der Waals surface area contributed by atoms with E-state index in [9.17, 15) is 4.79 Å². The third-order valence-electron chi connectivity index (χ3n) is 1.41. The summed E-state index contributed by atoms with van der Waals surface area (Å²) in [6.07, 6.45) is 1.04. The predicted molar refractivity (Wildman–Crippen MR) is 49.8 cm³/mol. The second-order valence-corrected chi connectivity index (χ2v) is 2.44. The molecule has 74 valence electrons. The second-order valence-electron chi connectivity index (χ2n) is 2.44. The second kappa shape index (κ2) is 4.91. The summed E-state index contributed by atoms with van der Waals surface area (Å²) in [5, 5.41) is 8.69. The van der Waals surface area contributed by atoms with Crippen LogP contribution >= 0.6 is 0 Å². The van der Waals surface area contributed by atoms with Gasteiger partial charge in [-0.05, 0) is 12.1 Å². The number of hydrogen-bond donors (Lipinski definition) is 1. The van der Waals surface area contributed by atoms with E-state index in [1.165, 1.54) is 7.11 Å². The van der Waals surface area contributed by atoms with Crippen molar-refractivity contribution in [3.8, 4) is 5.75 Å². The van der Waals surface area contributed by atoms with E-state index >= 15 is 0 Å². The molecule has 1 N–H and O–H groups in total. The summed E-state index contributed by atoms with van der Waals surface area (Å²) in [6.45, 7) is 0. The van der Waals surface area contributed by atoms with Crippen molar-refractivity contribution in [2.45, 2.75) is 0 Å². The highest BCUT2D eigenvalue weighted by Crippen LogP contribution is 2.12. The molecule has 0 spiro atoms. The van der Waals surface area contributed by atoms with Crippen LogP contribution in [0.15, 0.2) is 42.4 Å². The molecule has 1 rings (SSSR count). The topological polar surface area (TPSA) is 55.8 Å². The van der Waals surface area contributed by atoms with Crippen molar-refractivity contribution in [3.63, 3.8) is 0 Å². The van der Waals surface area contributed by atoms with Gasteiger partial charge < -0.3 is 14.6 Å². The highest BCUT2D eigenvalue weighted by molar-refractivity contribution is 5.84. The monoisotopic (exact) mass is 194 g/mol. The van der Waals surface area contributed by atoms with Gasteiger partial charge in [-0.3, -0.25) is 0 Å². The first-order valence-corrected chi connectivity index (χ1v) is 3.93. The first-order valence-electron chi connectivity index (χ1n) is 3.93. The lowest BCUT2D eigenvalue weighted by Gasteiger charge is -2.04. The predicted octanol–water partition coefficient (Wildman–Crippen LogP) is 1.64. The smallest absolute Gasteiger partial charge is 0.375 e. The molecule has 1 aromatic rings. The number of aliphatic carboxylic acids is 1. The Kier molecular flexibility index (Phi) is 3.55. The van der Waals surface area contributed by atoms with E-state index in [0.717, 1.165) is 6.26 Å². The Morgan fingerprint density at radius 2 is 2.00 bits per heavy atom. The summed E-state index contributed by atoms with van der Waals surface area (Å²) in [5.74, 6) is -0.965. The fraction of sp³-hybridized carbons (Fsp3) is 0.100. The van der Waals surface area contributed by atoms with Crippen LogP contribution in [0.2, 0.25) is 0 Å². The zero-order valence-electron chi connectivity index (χ0n) is 7.64. The quantitative estimate of drug-likeness (QED) is 0.584. The highest BCUT2D eigenvalue weighted by Gasteiger charge is 2.09. The lowest BCUT2D eigenvalue weighted by atomic mass is 10.3. The van der Waals surface area contributed by atoms with Gasteiger partial charge in [0, 0.05) is 0 Å². The SMILES string of the molecule is CO/C=C(/Oc1ccccc1)C(=O)O. The molecule has 0 aromatic heterocycles. The highest BCUT2D eigenvalue weighted by atomic mass is 16.5. The Hall–Kier alpha value is -1.97. The molecule has 0 bridgehead atoms. The van der Waals surface area contributed by atoms with Crippen LogP contribution in [0.5, 0.6) is 5.75 Å². The minimum atomic E-state index is -1.17. The van der Waals surface area contributed by atoms with Crippen LogP contribution in [-0.4, -0.2) is 18.2 Å². The summed E-state index contributed by atoms with van der Waals surface area (Å²) in [6, 6.07) is 8.63. The zero-order valence-corrected chi connectivity index (χ0v) is 7.64. The third-order valence-corrected chi connectivity index (χ3v) is 1.41. The van der Waals surface area contributed by atoms with Crippen LogP contribution in [0.1, 0.15) is 0 Å². The van der Waals surface area contributed by atoms with Crippen molar-refractivity contribution >= 4 is 5.97 Å². The first-order chi connectivity index (χ1) is 6.74. The molecule has 0 atom stereocenters.